The number of benzene rings is 2. The van der Waals surface area contributed by atoms with E-state index < -0.39 is 0 Å². The molecule has 0 spiro atoms. The molecule has 0 aliphatic rings. The summed E-state index contributed by atoms with van der Waals surface area (Å²) in [5.74, 6) is 1.53. The quantitative estimate of drug-likeness (QED) is 0.690. The Balaban J connectivity index is 1.79. The van der Waals surface area contributed by atoms with E-state index in [0.29, 0.717) is 28.6 Å². The summed E-state index contributed by atoms with van der Waals surface area (Å²) in [6, 6.07) is 12.5. The van der Waals surface area contributed by atoms with Gasteiger partial charge in [-0.15, -0.1) is 10.2 Å². The lowest BCUT2D eigenvalue weighted by molar-refractivity contribution is 0.414. The van der Waals surface area contributed by atoms with E-state index in [0.717, 1.165) is 11.3 Å². The number of aromatic amines is 1. The molecule has 26 heavy (non-hydrogen) atoms. The monoisotopic (exact) mass is 372 g/mol. The highest BCUT2D eigenvalue weighted by atomic mass is 35.5. The molecule has 2 N–H and O–H groups in total. The van der Waals surface area contributed by atoms with Crippen molar-refractivity contribution in [1.29, 1.82) is 0 Å². The molecular weight excluding hydrogens is 356 g/mol. The Labute approximate surface area is 155 Å². The van der Waals surface area contributed by atoms with Gasteiger partial charge in [0.25, 0.3) is 5.56 Å². The first-order chi connectivity index (χ1) is 12.6. The fraction of sp³-hybridized carbons (Fsp3) is 0.167. The van der Waals surface area contributed by atoms with Crippen molar-refractivity contribution >= 4 is 23.2 Å². The number of hydrogen-bond acceptors (Lipinski definition) is 6. The molecule has 0 saturated carbocycles. The van der Waals surface area contributed by atoms with Crippen LogP contribution in [0.2, 0.25) is 5.02 Å². The predicted octanol–water partition coefficient (Wildman–Crippen LogP) is 3.17. The highest BCUT2D eigenvalue weighted by molar-refractivity contribution is 6.30. The van der Waals surface area contributed by atoms with Gasteiger partial charge in [-0.2, -0.15) is 0 Å². The maximum atomic E-state index is 12.3. The lowest BCUT2D eigenvalue weighted by Crippen LogP contribution is -2.19. The van der Waals surface area contributed by atoms with E-state index >= 15 is 0 Å². The molecule has 0 unspecified atom stereocenters. The molecule has 8 heteroatoms. The van der Waals surface area contributed by atoms with E-state index in [2.05, 4.69) is 20.5 Å². The number of hydrogen-bond donors (Lipinski definition) is 2. The van der Waals surface area contributed by atoms with Crippen molar-refractivity contribution in [3.05, 3.63) is 69.1 Å². The maximum Gasteiger partial charge on any atom is 0.274 e. The molecule has 7 nitrogen and oxygen atoms in total. The number of methoxy groups -OCH3 is 2. The number of nitrogens with zero attached hydrogens (tertiary/aromatic N) is 2. The number of halogens is 1. The Hall–Kier alpha value is -3.06. The van der Waals surface area contributed by atoms with Crippen LogP contribution < -0.4 is 20.3 Å². The fourth-order valence-corrected chi connectivity index (χ4v) is 2.55. The minimum Gasteiger partial charge on any atom is -0.497 e. The van der Waals surface area contributed by atoms with Gasteiger partial charge in [0, 0.05) is 11.4 Å². The Morgan fingerprint density at radius 2 is 1.85 bits per heavy atom. The molecule has 1 aromatic heterocycles. The number of H-pyrrole nitrogens is 1. The van der Waals surface area contributed by atoms with Crippen molar-refractivity contribution in [2.75, 3.05) is 19.5 Å². The van der Waals surface area contributed by atoms with E-state index in [4.69, 9.17) is 21.1 Å². The van der Waals surface area contributed by atoms with E-state index in [-0.39, 0.29) is 11.5 Å². The van der Waals surface area contributed by atoms with E-state index in [1.165, 1.54) is 0 Å². The van der Waals surface area contributed by atoms with Crippen LogP contribution in [0.1, 0.15) is 11.3 Å². The largest absolute Gasteiger partial charge is 0.497 e. The third kappa shape index (κ3) is 4.12. The third-order valence-corrected chi connectivity index (χ3v) is 3.95. The lowest BCUT2D eigenvalue weighted by atomic mass is 10.1. The average molecular weight is 373 g/mol. The second-order valence-corrected chi connectivity index (χ2v) is 5.88. The first-order valence-electron chi connectivity index (χ1n) is 7.78. The molecule has 0 aliphatic heterocycles. The van der Waals surface area contributed by atoms with E-state index in [9.17, 15) is 4.79 Å². The molecular formula is C18H17ClN4O3. The molecule has 0 bridgehead atoms. The van der Waals surface area contributed by atoms with Crippen molar-refractivity contribution in [1.82, 2.24) is 15.2 Å². The van der Waals surface area contributed by atoms with Crippen LogP contribution in [0.4, 0.5) is 11.6 Å². The number of ether oxygens (including phenoxy) is 2. The molecule has 3 rings (SSSR count). The smallest absolute Gasteiger partial charge is 0.274 e. The molecule has 0 radical (unpaired) electrons. The van der Waals surface area contributed by atoms with Gasteiger partial charge >= 0.3 is 0 Å². The fourth-order valence-electron chi connectivity index (χ4n) is 2.37. The molecule has 0 saturated heterocycles. The van der Waals surface area contributed by atoms with Gasteiger partial charge in [0.1, 0.15) is 17.2 Å². The summed E-state index contributed by atoms with van der Waals surface area (Å²) in [5, 5.41) is 11.5. The van der Waals surface area contributed by atoms with Crippen molar-refractivity contribution in [3.63, 3.8) is 0 Å². The Kier molecular flexibility index (Phi) is 5.38. The first-order valence-corrected chi connectivity index (χ1v) is 8.16. The topological polar surface area (TPSA) is 89.1 Å². The zero-order chi connectivity index (χ0) is 18.5. The Morgan fingerprint density at radius 1 is 1.08 bits per heavy atom. The summed E-state index contributed by atoms with van der Waals surface area (Å²) in [6.07, 6.45) is 0.368. The summed E-state index contributed by atoms with van der Waals surface area (Å²) < 4.78 is 10.4. The van der Waals surface area contributed by atoms with Crippen LogP contribution in [0.25, 0.3) is 0 Å². The summed E-state index contributed by atoms with van der Waals surface area (Å²) in [4.78, 5) is 15.0. The highest BCUT2D eigenvalue weighted by Gasteiger charge is 2.09. The highest BCUT2D eigenvalue weighted by Crippen LogP contribution is 2.29. The van der Waals surface area contributed by atoms with Crippen LogP contribution in [0, 0.1) is 0 Å². The van der Waals surface area contributed by atoms with Gasteiger partial charge in [-0.1, -0.05) is 23.7 Å². The van der Waals surface area contributed by atoms with Gasteiger partial charge in [-0.3, -0.25) is 9.78 Å². The summed E-state index contributed by atoms with van der Waals surface area (Å²) in [5.41, 5.74) is 1.51. The molecule has 0 fully saturated rings. The predicted molar refractivity (Wildman–Crippen MR) is 99.7 cm³/mol. The second-order valence-electron chi connectivity index (χ2n) is 5.44. The zero-order valence-electron chi connectivity index (χ0n) is 14.2. The minimum atomic E-state index is -0.320. The van der Waals surface area contributed by atoms with E-state index in [1.54, 1.807) is 32.4 Å². The van der Waals surface area contributed by atoms with Crippen molar-refractivity contribution < 1.29 is 9.47 Å². The standard InChI is InChI=1S/C18H17ClN4O3/c1-25-13-6-3-11(4-7-13)9-15-17(24)21-18(23-22-15)20-14-10-12(19)5-8-16(14)26-2/h3-8,10H,9H2,1-2H3,(H2,20,21,23,24). The number of aromatic nitrogens is 3. The number of rotatable bonds is 6. The summed E-state index contributed by atoms with van der Waals surface area (Å²) >= 11 is 6.00. The van der Waals surface area contributed by atoms with Crippen molar-refractivity contribution in [2.45, 2.75) is 6.42 Å². The van der Waals surface area contributed by atoms with Crippen LogP contribution in [0.3, 0.4) is 0 Å². The van der Waals surface area contributed by atoms with Gasteiger partial charge in [0.2, 0.25) is 5.95 Å². The third-order valence-electron chi connectivity index (χ3n) is 3.71. The molecule has 134 valence electrons. The van der Waals surface area contributed by atoms with Gasteiger partial charge < -0.3 is 14.8 Å². The van der Waals surface area contributed by atoms with Crippen LogP contribution in [0.15, 0.2) is 47.3 Å². The van der Waals surface area contributed by atoms with Gasteiger partial charge in [-0.05, 0) is 35.9 Å². The summed E-state index contributed by atoms with van der Waals surface area (Å²) in [6.45, 7) is 0. The molecule has 2 aromatic carbocycles. The van der Waals surface area contributed by atoms with Crippen molar-refractivity contribution in [3.8, 4) is 11.5 Å². The number of anilines is 2. The molecule has 1 heterocycles. The van der Waals surface area contributed by atoms with Gasteiger partial charge in [0.05, 0.1) is 19.9 Å². The Bertz CT molecular complexity index is 957. The van der Waals surface area contributed by atoms with Gasteiger partial charge in [-0.25, -0.2) is 0 Å². The van der Waals surface area contributed by atoms with Crippen LogP contribution in [0.5, 0.6) is 11.5 Å². The van der Waals surface area contributed by atoms with Gasteiger partial charge in [0.15, 0.2) is 0 Å². The maximum absolute atomic E-state index is 12.3. The normalized spacial score (nSPS) is 10.4. The van der Waals surface area contributed by atoms with Crippen LogP contribution >= 0.6 is 11.6 Å². The number of nitrogens with one attached hydrogen (secondary N) is 2. The Morgan fingerprint density at radius 3 is 2.50 bits per heavy atom. The summed E-state index contributed by atoms with van der Waals surface area (Å²) in [7, 11) is 3.15. The zero-order valence-corrected chi connectivity index (χ0v) is 15.0. The lowest BCUT2D eigenvalue weighted by Gasteiger charge is -2.10. The molecule has 0 aliphatic carbocycles. The average Bonchev–Trinajstić information content (AvgIpc) is 2.65. The van der Waals surface area contributed by atoms with Crippen LogP contribution in [-0.4, -0.2) is 29.4 Å². The first kappa shape index (κ1) is 17.8. The minimum absolute atomic E-state index is 0.203. The van der Waals surface area contributed by atoms with Crippen molar-refractivity contribution in [2.24, 2.45) is 0 Å². The SMILES string of the molecule is COc1ccc(Cc2nnc(Nc3cc(Cl)ccc3OC)[nH]c2=O)cc1. The second kappa shape index (κ2) is 7.88. The van der Waals surface area contributed by atoms with Crippen LogP contribution in [-0.2, 0) is 6.42 Å². The molecule has 0 atom stereocenters. The van der Waals surface area contributed by atoms with E-state index in [1.807, 2.05) is 24.3 Å². The molecule has 0 amide bonds. The molecule has 3 aromatic rings.